The van der Waals surface area contributed by atoms with Gasteiger partial charge in [-0.3, -0.25) is 9.59 Å². The van der Waals surface area contributed by atoms with Crippen molar-refractivity contribution in [2.75, 3.05) is 13.1 Å². The fraction of sp³-hybridized carbons (Fsp3) is 0.286. The van der Waals surface area contributed by atoms with Crippen LogP contribution in [-0.2, 0) is 0 Å². The summed E-state index contributed by atoms with van der Waals surface area (Å²) in [5.41, 5.74) is 1.27. The van der Waals surface area contributed by atoms with Crippen LogP contribution in [-0.4, -0.2) is 29.6 Å². The summed E-state index contributed by atoms with van der Waals surface area (Å²) in [6, 6.07) is 6.85. The van der Waals surface area contributed by atoms with Crippen molar-refractivity contribution in [3.05, 3.63) is 46.1 Å². The van der Waals surface area contributed by atoms with Gasteiger partial charge in [-0.1, -0.05) is 35.9 Å². The van der Waals surface area contributed by atoms with E-state index < -0.39 is 0 Å². The highest BCUT2D eigenvalue weighted by atomic mass is 35.5. The van der Waals surface area contributed by atoms with Crippen LogP contribution in [0.5, 0.6) is 0 Å². The lowest BCUT2D eigenvalue weighted by Gasteiger charge is -2.25. The number of carbonyl (C=O) groups excluding carboxylic acids is 2. The number of rotatable bonds is 1. The Morgan fingerprint density at radius 1 is 0.944 bits per heavy atom. The van der Waals surface area contributed by atoms with Gasteiger partial charge in [-0.05, 0) is 12.8 Å². The van der Waals surface area contributed by atoms with Gasteiger partial charge in [0.1, 0.15) is 10.7 Å². The highest BCUT2D eigenvalue weighted by molar-refractivity contribution is 6.49. The zero-order chi connectivity index (χ0) is 12.7. The van der Waals surface area contributed by atoms with Gasteiger partial charge in [-0.2, -0.15) is 0 Å². The molecular weight excluding hydrogens is 250 g/mol. The minimum absolute atomic E-state index is 0.0700. The molecule has 1 heterocycles. The molecule has 1 aromatic carbocycles. The fourth-order valence-corrected chi connectivity index (χ4v) is 2.86. The van der Waals surface area contributed by atoms with Gasteiger partial charge in [-0.25, -0.2) is 0 Å². The van der Waals surface area contributed by atoms with Crippen LogP contribution >= 0.6 is 11.6 Å². The molecule has 4 heteroatoms. The number of ketones is 2. The standard InChI is InChI=1S/C14H12ClNO2/c15-11-12(16-7-3-4-8-16)14(18)10-6-2-1-5-9(10)13(11)17/h1-2,5-6H,3-4,7-8H2. The quantitative estimate of drug-likeness (QED) is 0.780. The van der Waals surface area contributed by atoms with Crippen LogP contribution in [0.25, 0.3) is 0 Å². The maximum Gasteiger partial charge on any atom is 0.211 e. The van der Waals surface area contributed by atoms with Crippen LogP contribution in [0.15, 0.2) is 35.0 Å². The second kappa shape index (κ2) is 4.25. The molecule has 0 saturated carbocycles. The first kappa shape index (κ1) is 11.5. The maximum atomic E-state index is 12.4. The van der Waals surface area contributed by atoms with E-state index in [9.17, 15) is 9.59 Å². The summed E-state index contributed by atoms with van der Waals surface area (Å²) in [5, 5.41) is 0.0700. The molecule has 0 radical (unpaired) electrons. The first-order valence-corrected chi connectivity index (χ1v) is 6.41. The smallest absolute Gasteiger partial charge is 0.211 e. The normalized spacial score (nSPS) is 19.5. The lowest BCUT2D eigenvalue weighted by molar-refractivity contribution is 0.0953. The molecule has 1 aliphatic carbocycles. The Hall–Kier alpha value is -1.61. The zero-order valence-electron chi connectivity index (χ0n) is 9.78. The number of benzene rings is 1. The number of hydrogen-bond donors (Lipinski definition) is 0. The van der Waals surface area contributed by atoms with Crippen LogP contribution in [0, 0.1) is 0 Å². The predicted octanol–water partition coefficient (Wildman–Crippen LogP) is 2.61. The Morgan fingerprint density at radius 3 is 2.11 bits per heavy atom. The van der Waals surface area contributed by atoms with Crippen LogP contribution in [0.3, 0.4) is 0 Å². The van der Waals surface area contributed by atoms with Crippen molar-refractivity contribution in [3.8, 4) is 0 Å². The molecule has 0 spiro atoms. The van der Waals surface area contributed by atoms with Gasteiger partial charge in [0.15, 0.2) is 0 Å². The Labute approximate surface area is 110 Å². The molecule has 1 aromatic rings. The van der Waals surface area contributed by atoms with Crippen LogP contribution in [0.4, 0.5) is 0 Å². The third-order valence-corrected chi connectivity index (χ3v) is 3.81. The first-order valence-electron chi connectivity index (χ1n) is 6.03. The van der Waals surface area contributed by atoms with Gasteiger partial charge in [0.2, 0.25) is 11.6 Å². The number of nitrogens with zero attached hydrogens (tertiary/aromatic N) is 1. The summed E-state index contributed by atoms with van der Waals surface area (Å²) in [6.45, 7) is 1.60. The monoisotopic (exact) mass is 261 g/mol. The van der Waals surface area contributed by atoms with Gasteiger partial charge in [-0.15, -0.1) is 0 Å². The summed E-state index contributed by atoms with van der Waals surface area (Å²) < 4.78 is 0. The molecule has 92 valence electrons. The van der Waals surface area contributed by atoms with Crippen LogP contribution in [0.1, 0.15) is 33.6 Å². The molecule has 2 aliphatic rings. The van der Waals surface area contributed by atoms with Crippen molar-refractivity contribution in [1.29, 1.82) is 0 Å². The van der Waals surface area contributed by atoms with Crippen LogP contribution in [0.2, 0.25) is 0 Å². The van der Waals surface area contributed by atoms with Crippen molar-refractivity contribution < 1.29 is 9.59 Å². The van der Waals surface area contributed by atoms with Crippen molar-refractivity contribution >= 4 is 23.2 Å². The number of hydrogen-bond acceptors (Lipinski definition) is 3. The minimum Gasteiger partial charge on any atom is -0.367 e. The molecule has 1 aliphatic heterocycles. The molecule has 0 atom stereocenters. The van der Waals surface area contributed by atoms with Gasteiger partial charge >= 0.3 is 0 Å². The second-order valence-corrected chi connectivity index (χ2v) is 4.94. The molecule has 1 saturated heterocycles. The van der Waals surface area contributed by atoms with E-state index in [0.29, 0.717) is 16.8 Å². The largest absolute Gasteiger partial charge is 0.367 e. The molecule has 1 fully saturated rings. The number of fused-ring (bicyclic) bond motifs is 1. The summed E-state index contributed by atoms with van der Waals surface area (Å²) in [6.07, 6.45) is 2.08. The van der Waals surface area contributed by atoms with Crippen molar-refractivity contribution in [2.24, 2.45) is 0 Å². The van der Waals surface area contributed by atoms with Gasteiger partial charge in [0, 0.05) is 24.2 Å². The minimum atomic E-state index is -0.242. The Kier molecular flexibility index (Phi) is 2.71. The third kappa shape index (κ3) is 1.58. The fourth-order valence-electron chi connectivity index (χ4n) is 2.56. The average Bonchev–Trinajstić information content (AvgIpc) is 2.90. The van der Waals surface area contributed by atoms with Gasteiger partial charge < -0.3 is 4.90 Å². The van der Waals surface area contributed by atoms with Gasteiger partial charge in [0.05, 0.1) is 0 Å². The highest BCUT2D eigenvalue weighted by Gasteiger charge is 2.34. The van der Waals surface area contributed by atoms with Crippen LogP contribution < -0.4 is 0 Å². The summed E-state index contributed by atoms with van der Waals surface area (Å²) in [5.74, 6) is -0.370. The van der Waals surface area contributed by atoms with E-state index in [4.69, 9.17) is 11.6 Å². The average molecular weight is 262 g/mol. The van der Waals surface area contributed by atoms with E-state index in [-0.39, 0.29) is 16.6 Å². The number of likely N-dealkylation sites (tertiary alicyclic amines) is 1. The van der Waals surface area contributed by atoms with E-state index >= 15 is 0 Å². The summed E-state index contributed by atoms with van der Waals surface area (Å²) in [4.78, 5) is 26.5. The molecule has 0 unspecified atom stereocenters. The summed E-state index contributed by atoms with van der Waals surface area (Å²) >= 11 is 6.10. The van der Waals surface area contributed by atoms with Crippen molar-refractivity contribution in [3.63, 3.8) is 0 Å². The Bertz CT molecular complexity index is 571. The SMILES string of the molecule is O=C1C(Cl)=C(N2CCCC2)C(=O)c2ccccc21. The molecule has 3 nitrogen and oxygen atoms in total. The van der Waals surface area contributed by atoms with E-state index in [0.717, 1.165) is 25.9 Å². The van der Waals surface area contributed by atoms with E-state index in [1.807, 2.05) is 4.90 Å². The lowest BCUT2D eigenvalue weighted by Crippen LogP contribution is -2.31. The van der Waals surface area contributed by atoms with E-state index in [1.165, 1.54) is 0 Å². The topological polar surface area (TPSA) is 37.4 Å². The number of halogens is 1. The molecule has 0 aromatic heterocycles. The maximum absolute atomic E-state index is 12.4. The molecule has 3 rings (SSSR count). The van der Waals surface area contributed by atoms with E-state index in [2.05, 4.69) is 0 Å². The molecule has 0 bridgehead atoms. The molecule has 0 N–H and O–H groups in total. The second-order valence-electron chi connectivity index (χ2n) is 4.56. The number of allylic oxidation sites excluding steroid dienone is 2. The molecule has 18 heavy (non-hydrogen) atoms. The van der Waals surface area contributed by atoms with Crippen molar-refractivity contribution in [1.82, 2.24) is 4.90 Å². The first-order chi connectivity index (χ1) is 8.70. The Balaban J connectivity index is 2.13. The van der Waals surface area contributed by atoms with Crippen molar-refractivity contribution in [2.45, 2.75) is 12.8 Å². The van der Waals surface area contributed by atoms with Gasteiger partial charge in [0.25, 0.3) is 0 Å². The predicted molar refractivity (Wildman–Crippen MR) is 68.8 cm³/mol. The third-order valence-electron chi connectivity index (χ3n) is 3.46. The zero-order valence-corrected chi connectivity index (χ0v) is 10.5. The Morgan fingerprint density at radius 2 is 1.50 bits per heavy atom. The number of carbonyl (C=O) groups is 2. The highest BCUT2D eigenvalue weighted by Crippen LogP contribution is 2.31. The van der Waals surface area contributed by atoms with E-state index in [1.54, 1.807) is 24.3 Å². The molecule has 0 amide bonds. The molecular formula is C14H12ClNO2. The lowest BCUT2D eigenvalue weighted by atomic mass is 9.92. The number of Topliss-reactive ketones (excluding diaryl/α,β-unsaturated/α-hetero) is 2. The summed E-state index contributed by atoms with van der Waals surface area (Å²) in [7, 11) is 0.